The van der Waals surface area contributed by atoms with Crippen molar-refractivity contribution in [3.63, 3.8) is 0 Å². The van der Waals surface area contributed by atoms with E-state index in [0.29, 0.717) is 13.1 Å². The summed E-state index contributed by atoms with van der Waals surface area (Å²) in [7, 11) is -4.03. The van der Waals surface area contributed by atoms with Gasteiger partial charge in [0.1, 0.15) is 5.82 Å². The second-order valence-corrected chi connectivity index (χ2v) is 9.88. The van der Waals surface area contributed by atoms with Gasteiger partial charge in [0.25, 0.3) is 15.9 Å². The predicted molar refractivity (Wildman–Crippen MR) is 122 cm³/mol. The van der Waals surface area contributed by atoms with Crippen molar-refractivity contribution >= 4 is 33.4 Å². The van der Waals surface area contributed by atoms with Crippen molar-refractivity contribution in [2.24, 2.45) is 0 Å². The summed E-state index contributed by atoms with van der Waals surface area (Å²) in [5.74, 6) is -2.02. The number of amides is 3. The van der Waals surface area contributed by atoms with Crippen molar-refractivity contribution in [2.75, 3.05) is 44.0 Å². The fraction of sp³-hybridized carbons (Fsp3) is 0.348. The minimum atomic E-state index is -4.03. The smallest absolute Gasteiger partial charge is 0.312 e. The molecule has 180 valence electrons. The molecule has 0 saturated carbocycles. The Balaban J connectivity index is 1.35. The summed E-state index contributed by atoms with van der Waals surface area (Å²) in [5.41, 5.74) is 0.121. The third-order valence-corrected chi connectivity index (χ3v) is 7.34. The number of piperazine rings is 1. The maximum atomic E-state index is 13.8. The Bertz CT molecular complexity index is 1190. The molecule has 2 aliphatic heterocycles. The third-order valence-electron chi connectivity index (χ3n) is 5.96. The number of carbonyl (C=O) groups is 3. The number of sulfonamides is 1. The van der Waals surface area contributed by atoms with Gasteiger partial charge in [0.15, 0.2) is 0 Å². The molecule has 11 heteroatoms. The quantitative estimate of drug-likeness (QED) is 0.657. The maximum Gasteiger partial charge on any atom is 0.312 e. The van der Waals surface area contributed by atoms with Crippen molar-refractivity contribution in [3.05, 3.63) is 59.9 Å². The molecule has 0 unspecified atom stereocenters. The number of benzene rings is 2. The summed E-state index contributed by atoms with van der Waals surface area (Å²) in [4.78, 5) is 42.1. The van der Waals surface area contributed by atoms with Crippen LogP contribution >= 0.6 is 0 Å². The van der Waals surface area contributed by atoms with Gasteiger partial charge in [-0.25, -0.2) is 12.8 Å². The Hall–Kier alpha value is -3.47. The number of hydrogen-bond acceptors (Lipinski definition) is 5. The van der Waals surface area contributed by atoms with Crippen LogP contribution in [0.25, 0.3) is 0 Å². The maximum absolute atomic E-state index is 13.8. The number of anilines is 1. The van der Waals surface area contributed by atoms with Crippen LogP contribution in [0.5, 0.6) is 0 Å². The molecule has 0 aromatic heterocycles. The van der Waals surface area contributed by atoms with Crippen molar-refractivity contribution in [3.8, 4) is 0 Å². The van der Waals surface area contributed by atoms with Gasteiger partial charge >= 0.3 is 11.8 Å². The lowest BCUT2D eigenvalue weighted by Crippen LogP contribution is -2.54. The fourth-order valence-corrected chi connectivity index (χ4v) is 5.08. The lowest BCUT2D eigenvalue weighted by atomic mass is 10.2. The second-order valence-electron chi connectivity index (χ2n) is 8.19. The van der Waals surface area contributed by atoms with Crippen LogP contribution in [0.1, 0.15) is 23.2 Å². The van der Waals surface area contributed by atoms with Crippen LogP contribution in [0.15, 0.2) is 53.4 Å². The summed E-state index contributed by atoms with van der Waals surface area (Å²) in [5, 5.41) is 0. The predicted octanol–water partition coefficient (Wildman–Crippen LogP) is 1.53. The van der Waals surface area contributed by atoms with Crippen LogP contribution in [-0.2, 0) is 19.6 Å². The van der Waals surface area contributed by atoms with Crippen molar-refractivity contribution < 1.29 is 27.2 Å². The number of nitrogens with zero attached hydrogens (tertiary/aromatic N) is 3. The fourth-order valence-electron chi connectivity index (χ4n) is 4.01. The van der Waals surface area contributed by atoms with Gasteiger partial charge in [-0.1, -0.05) is 12.1 Å². The lowest BCUT2D eigenvalue weighted by Gasteiger charge is -2.35. The molecule has 2 heterocycles. The number of halogens is 1. The number of carbonyl (C=O) groups excluding carboxylic acids is 3. The van der Waals surface area contributed by atoms with Crippen molar-refractivity contribution in [2.45, 2.75) is 17.7 Å². The molecule has 9 nitrogen and oxygen atoms in total. The highest BCUT2D eigenvalue weighted by molar-refractivity contribution is 7.92. The van der Waals surface area contributed by atoms with Gasteiger partial charge in [-0.2, -0.15) is 0 Å². The average Bonchev–Trinajstić information content (AvgIpc) is 3.39. The Morgan fingerprint density at radius 3 is 1.85 bits per heavy atom. The molecular formula is C23H25FN4O5S. The second kappa shape index (κ2) is 9.80. The van der Waals surface area contributed by atoms with Crippen molar-refractivity contribution in [1.29, 1.82) is 0 Å². The molecule has 0 radical (unpaired) electrons. The molecule has 0 atom stereocenters. The summed E-state index contributed by atoms with van der Waals surface area (Å²) in [6, 6.07) is 10.8. The van der Waals surface area contributed by atoms with Gasteiger partial charge in [-0.15, -0.1) is 0 Å². The van der Waals surface area contributed by atoms with E-state index in [-0.39, 0.29) is 48.2 Å². The summed E-state index contributed by atoms with van der Waals surface area (Å²) in [6.45, 7) is 2.25. The first-order valence-electron chi connectivity index (χ1n) is 11.0. The van der Waals surface area contributed by atoms with Gasteiger partial charge < -0.3 is 14.7 Å². The van der Waals surface area contributed by atoms with E-state index in [1.54, 1.807) is 9.80 Å². The van der Waals surface area contributed by atoms with E-state index in [9.17, 15) is 27.2 Å². The number of para-hydroxylation sites is 1. The summed E-state index contributed by atoms with van der Waals surface area (Å²) >= 11 is 0. The minimum Gasteiger partial charge on any atom is -0.335 e. The van der Waals surface area contributed by atoms with Gasteiger partial charge in [0.05, 0.1) is 10.6 Å². The molecular weight excluding hydrogens is 463 g/mol. The zero-order valence-electron chi connectivity index (χ0n) is 18.4. The molecule has 3 amide bonds. The Morgan fingerprint density at radius 2 is 1.26 bits per heavy atom. The number of nitrogens with one attached hydrogen (secondary N) is 1. The number of hydrogen-bond donors (Lipinski definition) is 1. The van der Waals surface area contributed by atoms with E-state index in [4.69, 9.17) is 0 Å². The van der Waals surface area contributed by atoms with Gasteiger partial charge in [0.2, 0.25) is 0 Å². The van der Waals surface area contributed by atoms with Crippen LogP contribution < -0.4 is 4.72 Å². The average molecular weight is 489 g/mol. The molecule has 2 aliphatic rings. The van der Waals surface area contributed by atoms with E-state index in [0.717, 1.165) is 18.9 Å². The molecule has 0 spiro atoms. The van der Waals surface area contributed by atoms with Crippen LogP contribution in [0.4, 0.5) is 10.1 Å². The molecule has 2 aromatic carbocycles. The highest BCUT2D eigenvalue weighted by Crippen LogP contribution is 2.20. The number of likely N-dealkylation sites (tertiary alicyclic amines) is 1. The Kier molecular flexibility index (Phi) is 6.82. The van der Waals surface area contributed by atoms with E-state index in [1.165, 1.54) is 47.4 Å². The van der Waals surface area contributed by atoms with Crippen LogP contribution in [0.2, 0.25) is 0 Å². The molecule has 0 bridgehead atoms. The van der Waals surface area contributed by atoms with Crippen LogP contribution in [0, 0.1) is 5.82 Å². The van der Waals surface area contributed by atoms with E-state index < -0.39 is 27.7 Å². The zero-order valence-corrected chi connectivity index (χ0v) is 19.3. The molecule has 1 N–H and O–H groups in total. The van der Waals surface area contributed by atoms with Gasteiger partial charge in [-0.05, 0) is 49.2 Å². The summed E-state index contributed by atoms with van der Waals surface area (Å²) < 4.78 is 41.1. The van der Waals surface area contributed by atoms with E-state index in [2.05, 4.69) is 4.72 Å². The molecule has 34 heavy (non-hydrogen) atoms. The van der Waals surface area contributed by atoms with Gasteiger partial charge in [0, 0.05) is 44.8 Å². The van der Waals surface area contributed by atoms with Crippen LogP contribution in [0.3, 0.4) is 0 Å². The highest BCUT2D eigenvalue weighted by atomic mass is 32.2. The Morgan fingerprint density at radius 1 is 0.735 bits per heavy atom. The molecule has 2 saturated heterocycles. The van der Waals surface area contributed by atoms with E-state index >= 15 is 0 Å². The standard InChI is InChI=1S/C23H25FN4O5S/c24-19-5-1-2-6-20(19)25-34(32,33)18-9-7-17(8-10-18)21(29)27-13-15-28(16-14-27)23(31)22(30)26-11-3-4-12-26/h1-2,5-10,25H,3-4,11-16H2. The first kappa shape index (κ1) is 23.7. The molecule has 2 fully saturated rings. The molecule has 2 aromatic rings. The first-order chi connectivity index (χ1) is 16.3. The largest absolute Gasteiger partial charge is 0.335 e. The topological polar surface area (TPSA) is 107 Å². The van der Waals surface area contributed by atoms with E-state index in [1.807, 2.05) is 0 Å². The normalized spacial score (nSPS) is 16.4. The SMILES string of the molecule is O=C(C(=O)N1CCN(C(=O)c2ccc(S(=O)(=O)Nc3ccccc3F)cc2)CC1)N1CCCC1. The summed E-state index contributed by atoms with van der Waals surface area (Å²) in [6.07, 6.45) is 1.81. The monoisotopic (exact) mass is 488 g/mol. The van der Waals surface area contributed by atoms with Gasteiger partial charge in [-0.3, -0.25) is 19.1 Å². The number of rotatable bonds is 4. The van der Waals surface area contributed by atoms with Crippen LogP contribution in [-0.4, -0.2) is 80.1 Å². The van der Waals surface area contributed by atoms with Crippen molar-refractivity contribution in [1.82, 2.24) is 14.7 Å². The zero-order chi connectivity index (χ0) is 24.3. The minimum absolute atomic E-state index is 0.108. The highest BCUT2D eigenvalue weighted by Gasteiger charge is 2.32. The molecule has 4 rings (SSSR count). The molecule has 0 aliphatic carbocycles. The lowest BCUT2D eigenvalue weighted by molar-refractivity contribution is -0.152. The first-order valence-corrected chi connectivity index (χ1v) is 12.5. The third kappa shape index (κ3) is 5.04. The Labute approximate surface area is 197 Å².